The molecule has 2 atom stereocenters. The zero-order valence-electron chi connectivity index (χ0n) is 13.6. The zero-order chi connectivity index (χ0) is 15.9. The van der Waals surface area contributed by atoms with Gasteiger partial charge in [-0.25, -0.2) is 0 Å². The van der Waals surface area contributed by atoms with Gasteiger partial charge in [0.25, 0.3) is 0 Å². The van der Waals surface area contributed by atoms with Crippen LogP contribution in [0.5, 0.6) is 5.75 Å². The van der Waals surface area contributed by atoms with E-state index in [2.05, 4.69) is 30.4 Å². The SMILES string of the molecule is Cc1cc(C)cc(OCC(O)C[NH2+]C(C)c2ccccc2)c1. The van der Waals surface area contributed by atoms with Crippen molar-refractivity contribution in [3.05, 3.63) is 65.2 Å². The highest BCUT2D eigenvalue weighted by Gasteiger charge is 2.12. The number of hydrogen-bond donors (Lipinski definition) is 2. The monoisotopic (exact) mass is 300 g/mol. The van der Waals surface area contributed by atoms with Gasteiger partial charge in [-0.1, -0.05) is 36.4 Å². The summed E-state index contributed by atoms with van der Waals surface area (Å²) in [5, 5.41) is 12.2. The average molecular weight is 300 g/mol. The fourth-order valence-electron chi connectivity index (χ4n) is 2.53. The fraction of sp³-hybridized carbons (Fsp3) is 0.368. The van der Waals surface area contributed by atoms with Crippen LogP contribution in [0.4, 0.5) is 0 Å². The number of quaternary nitrogens is 1. The molecule has 0 saturated carbocycles. The van der Waals surface area contributed by atoms with Crippen LogP contribution in [0, 0.1) is 13.8 Å². The molecule has 0 fully saturated rings. The smallest absolute Gasteiger partial charge is 0.137 e. The summed E-state index contributed by atoms with van der Waals surface area (Å²) in [5.74, 6) is 0.827. The Balaban J connectivity index is 1.77. The summed E-state index contributed by atoms with van der Waals surface area (Å²) >= 11 is 0. The minimum Gasteiger partial charge on any atom is -0.491 e. The third-order valence-electron chi connectivity index (χ3n) is 3.72. The average Bonchev–Trinajstić information content (AvgIpc) is 2.50. The quantitative estimate of drug-likeness (QED) is 0.824. The largest absolute Gasteiger partial charge is 0.491 e. The lowest BCUT2D eigenvalue weighted by Gasteiger charge is -2.15. The van der Waals surface area contributed by atoms with E-state index in [-0.39, 0.29) is 0 Å². The molecule has 0 aromatic heterocycles. The summed E-state index contributed by atoms with van der Waals surface area (Å²) < 4.78 is 5.70. The summed E-state index contributed by atoms with van der Waals surface area (Å²) in [7, 11) is 0. The van der Waals surface area contributed by atoms with Crippen LogP contribution in [0.25, 0.3) is 0 Å². The maximum atomic E-state index is 10.1. The lowest BCUT2D eigenvalue weighted by atomic mass is 10.1. The van der Waals surface area contributed by atoms with E-state index >= 15 is 0 Å². The van der Waals surface area contributed by atoms with Crippen LogP contribution in [0.2, 0.25) is 0 Å². The third kappa shape index (κ3) is 5.17. The summed E-state index contributed by atoms with van der Waals surface area (Å²) in [6.07, 6.45) is -0.480. The van der Waals surface area contributed by atoms with Crippen LogP contribution >= 0.6 is 0 Å². The van der Waals surface area contributed by atoms with Gasteiger partial charge in [0.1, 0.15) is 31.0 Å². The van der Waals surface area contributed by atoms with Crippen LogP contribution in [-0.2, 0) is 0 Å². The second-order valence-electron chi connectivity index (χ2n) is 5.96. The molecule has 3 N–H and O–H groups in total. The summed E-state index contributed by atoms with van der Waals surface area (Å²) in [6.45, 7) is 7.19. The molecule has 118 valence electrons. The standard InChI is InChI=1S/C19H25NO2/c1-14-9-15(2)11-19(10-14)22-13-18(21)12-20-16(3)17-7-5-4-6-8-17/h4-11,16,18,20-21H,12-13H2,1-3H3/p+1. The first-order chi connectivity index (χ1) is 10.5. The lowest BCUT2D eigenvalue weighted by molar-refractivity contribution is -0.698. The predicted molar refractivity (Wildman–Crippen MR) is 89.1 cm³/mol. The molecule has 0 heterocycles. The van der Waals surface area contributed by atoms with Gasteiger partial charge >= 0.3 is 0 Å². The van der Waals surface area contributed by atoms with Gasteiger partial charge in [-0.15, -0.1) is 0 Å². The molecule has 2 aromatic rings. The van der Waals surface area contributed by atoms with Gasteiger partial charge in [-0.05, 0) is 44.0 Å². The predicted octanol–water partition coefficient (Wildman–Crippen LogP) is 2.37. The van der Waals surface area contributed by atoms with Crippen molar-refractivity contribution in [2.75, 3.05) is 13.2 Å². The Bertz CT molecular complexity index is 563. The van der Waals surface area contributed by atoms with Crippen molar-refractivity contribution in [3.63, 3.8) is 0 Å². The Hall–Kier alpha value is -1.84. The van der Waals surface area contributed by atoms with Crippen LogP contribution in [-0.4, -0.2) is 24.4 Å². The first kappa shape index (κ1) is 16.5. The molecule has 2 rings (SSSR count). The second-order valence-corrected chi connectivity index (χ2v) is 5.96. The summed E-state index contributed by atoms with van der Waals surface area (Å²) in [5.41, 5.74) is 3.62. The lowest BCUT2D eigenvalue weighted by Crippen LogP contribution is -2.87. The minimum absolute atomic E-state index is 0.320. The van der Waals surface area contributed by atoms with E-state index in [4.69, 9.17) is 4.74 Å². The van der Waals surface area contributed by atoms with E-state index < -0.39 is 6.10 Å². The van der Waals surface area contributed by atoms with Crippen molar-refractivity contribution in [2.45, 2.75) is 32.9 Å². The van der Waals surface area contributed by atoms with Crippen LogP contribution in [0.1, 0.15) is 29.7 Å². The summed E-state index contributed by atoms with van der Waals surface area (Å²) in [6, 6.07) is 16.8. The molecule has 0 saturated heterocycles. The van der Waals surface area contributed by atoms with Gasteiger partial charge in [0.2, 0.25) is 0 Å². The minimum atomic E-state index is -0.480. The summed E-state index contributed by atoms with van der Waals surface area (Å²) in [4.78, 5) is 0. The molecule has 2 aromatic carbocycles. The Morgan fingerprint density at radius 3 is 2.32 bits per heavy atom. The van der Waals surface area contributed by atoms with E-state index in [1.165, 1.54) is 16.7 Å². The highest BCUT2D eigenvalue weighted by atomic mass is 16.5. The van der Waals surface area contributed by atoms with Gasteiger partial charge in [0.15, 0.2) is 0 Å². The van der Waals surface area contributed by atoms with Crippen LogP contribution in [0.15, 0.2) is 48.5 Å². The zero-order valence-corrected chi connectivity index (χ0v) is 13.6. The topological polar surface area (TPSA) is 46.1 Å². The highest BCUT2D eigenvalue weighted by molar-refractivity contribution is 5.33. The first-order valence-corrected chi connectivity index (χ1v) is 7.82. The molecule has 0 radical (unpaired) electrons. The normalized spacial score (nSPS) is 13.6. The number of hydrogen-bond acceptors (Lipinski definition) is 2. The fourth-order valence-corrected chi connectivity index (χ4v) is 2.53. The van der Waals surface area contributed by atoms with Crippen molar-refractivity contribution in [2.24, 2.45) is 0 Å². The number of ether oxygens (including phenoxy) is 1. The molecule has 0 aliphatic heterocycles. The van der Waals surface area contributed by atoms with Crippen molar-refractivity contribution >= 4 is 0 Å². The van der Waals surface area contributed by atoms with Gasteiger partial charge in [-0.2, -0.15) is 0 Å². The molecule has 0 aliphatic carbocycles. The maximum absolute atomic E-state index is 10.1. The molecule has 0 amide bonds. The van der Waals surface area contributed by atoms with Gasteiger partial charge in [-0.3, -0.25) is 0 Å². The van der Waals surface area contributed by atoms with Crippen molar-refractivity contribution in [1.82, 2.24) is 0 Å². The van der Waals surface area contributed by atoms with Crippen LogP contribution < -0.4 is 10.1 Å². The van der Waals surface area contributed by atoms with Crippen molar-refractivity contribution in [1.29, 1.82) is 0 Å². The molecule has 0 bridgehead atoms. The number of aliphatic hydroxyl groups excluding tert-OH is 1. The Kier molecular flexibility index (Phi) is 5.99. The molecule has 3 nitrogen and oxygen atoms in total. The number of nitrogens with two attached hydrogens (primary N) is 1. The van der Waals surface area contributed by atoms with E-state index in [0.29, 0.717) is 19.2 Å². The van der Waals surface area contributed by atoms with Gasteiger partial charge in [0, 0.05) is 5.56 Å². The van der Waals surface area contributed by atoms with E-state index in [9.17, 15) is 5.11 Å². The first-order valence-electron chi connectivity index (χ1n) is 7.82. The number of aliphatic hydroxyl groups is 1. The van der Waals surface area contributed by atoms with Gasteiger partial charge in [0.05, 0.1) is 0 Å². The maximum Gasteiger partial charge on any atom is 0.137 e. The van der Waals surface area contributed by atoms with Crippen molar-refractivity contribution < 1.29 is 15.2 Å². The Labute approximate surface area is 133 Å². The third-order valence-corrected chi connectivity index (χ3v) is 3.72. The molecule has 3 heteroatoms. The van der Waals surface area contributed by atoms with Gasteiger partial charge < -0.3 is 15.2 Å². The molecule has 0 spiro atoms. The van der Waals surface area contributed by atoms with E-state index in [1.54, 1.807) is 0 Å². The van der Waals surface area contributed by atoms with E-state index in [1.807, 2.05) is 44.2 Å². The Morgan fingerprint density at radius 2 is 1.68 bits per heavy atom. The molecular weight excluding hydrogens is 274 g/mol. The highest BCUT2D eigenvalue weighted by Crippen LogP contribution is 2.16. The number of benzene rings is 2. The number of rotatable bonds is 7. The van der Waals surface area contributed by atoms with E-state index in [0.717, 1.165) is 5.75 Å². The molecule has 22 heavy (non-hydrogen) atoms. The molecular formula is C19H26NO2+. The van der Waals surface area contributed by atoms with Crippen molar-refractivity contribution in [3.8, 4) is 5.75 Å². The van der Waals surface area contributed by atoms with Crippen LogP contribution in [0.3, 0.4) is 0 Å². The second kappa shape index (κ2) is 7.97. The number of aryl methyl sites for hydroxylation is 2. The molecule has 0 aliphatic rings. The molecule has 2 unspecified atom stereocenters. The Morgan fingerprint density at radius 1 is 1.05 bits per heavy atom.